The third-order valence-corrected chi connectivity index (χ3v) is 3.56. The fraction of sp³-hybridized carbons (Fsp3) is 0.294. The van der Waals surface area contributed by atoms with Crippen molar-refractivity contribution in [1.29, 1.82) is 10.9 Å². The van der Waals surface area contributed by atoms with Crippen LogP contribution in [0.3, 0.4) is 0 Å². The number of benzene rings is 1. The van der Waals surface area contributed by atoms with Crippen LogP contribution in [0.1, 0.15) is 17.2 Å². The average Bonchev–Trinajstić information content (AvgIpc) is 2.72. The Morgan fingerprint density at radius 1 is 1.38 bits per heavy atom. The van der Waals surface area contributed by atoms with Gasteiger partial charge < -0.3 is 26.0 Å². The number of fused-ring (bicyclic) bond motifs is 1. The molecule has 9 nitrogen and oxygen atoms in total. The Morgan fingerprint density at radius 3 is 2.85 bits per heavy atom. The molecule has 0 saturated carbocycles. The summed E-state index contributed by atoms with van der Waals surface area (Å²) in [5.41, 5.74) is 18.4. The third-order valence-electron chi connectivity index (χ3n) is 3.56. The van der Waals surface area contributed by atoms with Crippen molar-refractivity contribution >= 4 is 5.84 Å². The Hall–Kier alpha value is -2.88. The molecule has 1 aliphatic heterocycles. The number of ether oxygens (including phenoxy) is 2. The van der Waals surface area contributed by atoms with Gasteiger partial charge in [0.2, 0.25) is 0 Å². The molecule has 2 aromatic rings. The number of aliphatic hydroxyl groups is 1. The number of rotatable bonds is 4. The smallest absolute Gasteiger partial charge is 0.257 e. The molecule has 7 N–H and O–H groups in total. The van der Waals surface area contributed by atoms with E-state index in [2.05, 4.69) is 10.1 Å². The van der Waals surface area contributed by atoms with E-state index in [-0.39, 0.29) is 24.6 Å². The lowest BCUT2D eigenvalue weighted by atomic mass is 10.1. The highest BCUT2D eigenvalue weighted by Gasteiger charge is 2.23. The van der Waals surface area contributed by atoms with Gasteiger partial charge in [0.05, 0.1) is 6.61 Å². The fourth-order valence-corrected chi connectivity index (χ4v) is 2.10. The monoisotopic (exact) mass is 358 g/mol. The molecular weight excluding hydrogens is 336 g/mol. The number of aliphatic hydroxyl groups excluding tert-OH is 1. The number of hydrogen-bond acceptors (Lipinski definition) is 8. The van der Waals surface area contributed by atoms with E-state index < -0.39 is 0 Å². The van der Waals surface area contributed by atoms with Crippen molar-refractivity contribution in [2.24, 2.45) is 16.6 Å². The van der Waals surface area contributed by atoms with Crippen LogP contribution in [0.2, 0.25) is 0 Å². The van der Waals surface area contributed by atoms with Gasteiger partial charge in [-0.1, -0.05) is 18.2 Å². The van der Waals surface area contributed by atoms with Crippen molar-refractivity contribution in [1.82, 2.24) is 4.98 Å². The summed E-state index contributed by atoms with van der Waals surface area (Å²) in [5.74, 6) is 1.02. The predicted molar refractivity (Wildman–Crippen MR) is 95.6 cm³/mol. The van der Waals surface area contributed by atoms with Gasteiger partial charge in [0.1, 0.15) is 6.61 Å². The molecule has 138 valence electrons. The van der Waals surface area contributed by atoms with E-state index in [9.17, 15) is 0 Å². The molecule has 2 heterocycles. The van der Waals surface area contributed by atoms with Crippen molar-refractivity contribution in [3.05, 3.63) is 53.7 Å². The summed E-state index contributed by atoms with van der Waals surface area (Å²) in [5, 5.41) is 18.8. The second-order valence-corrected chi connectivity index (χ2v) is 5.49. The van der Waals surface area contributed by atoms with Gasteiger partial charge in [-0.05, 0) is 23.8 Å². The summed E-state index contributed by atoms with van der Waals surface area (Å²) in [4.78, 5) is 4.13. The van der Waals surface area contributed by atoms with Crippen molar-refractivity contribution in [3.63, 3.8) is 0 Å². The van der Waals surface area contributed by atoms with Gasteiger partial charge in [-0.25, -0.2) is 10.5 Å². The van der Waals surface area contributed by atoms with Crippen molar-refractivity contribution in [2.45, 2.75) is 12.1 Å². The standard InChI is InChI=1S/C14H12N4O2.C3H10N2O/c15-13(18-16)10-4-1-3-9(7-10)12-8-19-11-5-2-6-17-14(11)20-12;4-1-3(5)2-6/h1-7,12,15-16H,8H2;3,6H,1-2,4-5H2. The molecule has 0 saturated heterocycles. The summed E-state index contributed by atoms with van der Waals surface area (Å²) in [6.45, 7) is 0.723. The summed E-state index contributed by atoms with van der Waals surface area (Å²) in [6.07, 6.45) is 1.37. The predicted octanol–water partition coefficient (Wildman–Crippen LogP) is 1.22. The van der Waals surface area contributed by atoms with Crippen molar-refractivity contribution in [2.75, 3.05) is 19.8 Å². The summed E-state index contributed by atoms with van der Waals surface area (Å²) in [7, 11) is 0. The maximum Gasteiger partial charge on any atom is 0.257 e. The largest absolute Gasteiger partial charge is 0.484 e. The van der Waals surface area contributed by atoms with Gasteiger partial charge in [-0.3, -0.25) is 5.41 Å². The first-order valence-corrected chi connectivity index (χ1v) is 7.96. The lowest BCUT2D eigenvalue weighted by Crippen LogP contribution is -2.32. The molecule has 0 amide bonds. The van der Waals surface area contributed by atoms with Crippen LogP contribution >= 0.6 is 0 Å². The molecule has 1 aromatic heterocycles. The SMILES string of the molecule is N=NC(=N)c1cccc(C2COc3cccnc3O2)c1.NCC(N)CO. The zero-order valence-corrected chi connectivity index (χ0v) is 14.1. The maximum atomic E-state index is 8.13. The molecule has 2 atom stereocenters. The highest BCUT2D eigenvalue weighted by molar-refractivity contribution is 5.96. The van der Waals surface area contributed by atoms with Crippen LogP contribution in [0.5, 0.6) is 11.6 Å². The van der Waals surface area contributed by atoms with Crippen LogP contribution in [-0.4, -0.2) is 41.7 Å². The minimum Gasteiger partial charge on any atom is -0.484 e. The normalized spacial score (nSPS) is 16.0. The molecule has 1 aromatic carbocycles. The highest BCUT2D eigenvalue weighted by Crippen LogP contribution is 2.34. The topological polar surface area (TPSA) is 164 Å². The molecule has 1 aliphatic rings. The van der Waals surface area contributed by atoms with Crippen LogP contribution in [-0.2, 0) is 0 Å². The Labute approximate surface area is 151 Å². The first kappa shape index (κ1) is 19.4. The van der Waals surface area contributed by atoms with Crippen LogP contribution < -0.4 is 20.9 Å². The fourth-order valence-electron chi connectivity index (χ4n) is 2.10. The summed E-state index contributed by atoms with van der Waals surface area (Å²) >= 11 is 0. The lowest BCUT2D eigenvalue weighted by molar-refractivity contribution is 0.0851. The zero-order chi connectivity index (χ0) is 18.9. The first-order chi connectivity index (χ1) is 12.6. The van der Waals surface area contributed by atoms with Gasteiger partial charge in [0.15, 0.2) is 17.7 Å². The second-order valence-electron chi connectivity index (χ2n) is 5.49. The molecule has 0 fully saturated rings. The second kappa shape index (κ2) is 9.56. The Kier molecular flexibility index (Phi) is 7.15. The highest BCUT2D eigenvalue weighted by atomic mass is 16.6. The molecule has 0 bridgehead atoms. The number of nitrogens with one attached hydrogen (secondary N) is 2. The molecule has 0 spiro atoms. The summed E-state index contributed by atoms with van der Waals surface area (Å²) < 4.78 is 11.4. The van der Waals surface area contributed by atoms with E-state index in [0.29, 0.717) is 30.3 Å². The molecule has 3 rings (SSSR count). The van der Waals surface area contributed by atoms with E-state index in [0.717, 1.165) is 5.56 Å². The first-order valence-electron chi connectivity index (χ1n) is 7.96. The average molecular weight is 358 g/mol. The van der Waals surface area contributed by atoms with Crippen LogP contribution in [0.15, 0.2) is 47.7 Å². The van der Waals surface area contributed by atoms with E-state index in [1.807, 2.05) is 18.2 Å². The number of amidine groups is 1. The van der Waals surface area contributed by atoms with E-state index in [1.54, 1.807) is 24.4 Å². The molecular formula is C17H22N6O3. The Morgan fingerprint density at radius 2 is 2.19 bits per heavy atom. The van der Waals surface area contributed by atoms with Crippen molar-refractivity contribution < 1.29 is 14.6 Å². The number of nitrogens with zero attached hydrogens (tertiary/aromatic N) is 2. The van der Waals surface area contributed by atoms with Gasteiger partial charge in [-0.2, -0.15) is 0 Å². The van der Waals surface area contributed by atoms with Crippen LogP contribution in [0, 0.1) is 10.9 Å². The third kappa shape index (κ3) is 5.06. The summed E-state index contributed by atoms with van der Waals surface area (Å²) in [6, 6.07) is 10.6. The van der Waals surface area contributed by atoms with Gasteiger partial charge >= 0.3 is 0 Å². The molecule has 0 aliphatic carbocycles. The van der Waals surface area contributed by atoms with Crippen LogP contribution in [0.25, 0.3) is 0 Å². The molecule has 2 unspecified atom stereocenters. The van der Waals surface area contributed by atoms with E-state index in [4.69, 9.17) is 37.0 Å². The minimum atomic E-state index is -0.282. The van der Waals surface area contributed by atoms with E-state index in [1.165, 1.54) is 0 Å². The maximum absolute atomic E-state index is 8.13. The quantitative estimate of drug-likeness (QED) is 0.313. The number of hydrogen-bond donors (Lipinski definition) is 5. The Balaban J connectivity index is 0.000000352. The number of pyridine rings is 1. The Bertz CT molecular complexity index is 751. The molecule has 0 radical (unpaired) electrons. The lowest BCUT2D eigenvalue weighted by Gasteiger charge is -2.25. The number of aromatic nitrogens is 1. The minimum absolute atomic E-state index is 0.0174. The molecule has 26 heavy (non-hydrogen) atoms. The van der Waals surface area contributed by atoms with Gasteiger partial charge in [-0.15, -0.1) is 5.11 Å². The number of nitrogens with two attached hydrogens (primary N) is 2. The van der Waals surface area contributed by atoms with Gasteiger partial charge in [0.25, 0.3) is 5.88 Å². The van der Waals surface area contributed by atoms with Crippen LogP contribution in [0.4, 0.5) is 0 Å². The molecule has 9 heteroatoms. The van der Waals surface area contributed by atoms with Crippen molar-refractivity contribution in [3.8, 4) is 11.6 Å². The van der Waals surface area contributed by atoms with E-state index >= 15 is 0 Å². The zero-order valence-electron chi connectivity index (χ0n) is 14.1. The van der Waals surface area contributed by atoms with Gasteiger partial charge in [0, 0.05) is 24.3 Å².